The molecule has 0 aliphatic heterocycles. The summed E-state index contributed by atoms with van der Waals surface area (Å²) in [6, 6.07) is 9.56. The molecule has 0 N–H and O–H groups in total. The van der Waals surface area contributed by atoms with Crippen molar-refractivity contribution in [3.05, 3.63) is 76.5 Å². The van der Waals surface area contributed by atoms with E-state index in [1.54, 1.807) is 29.9 Å². The molecule has 0 spiro atoms. The van der Waals surface area contributed by atoms with Crippen molar-refractivity contribution in [2.45, 2.75) is 6.92 Å². The molecule has 0 bridgehead atoms. The number of aryl methyl sites for hydroxylation is 1. The molecule has 0 radical (unpaired) electrons. The molecule has 0 unspecified atom stereocenters. The number of hydrogen-bond donors (Lipinski definition) is 0. The second-order valence-electron chi connectivity index (χ2n) is 4.68. The van der Waals surface area contributed by atoms with Gasteiger partial charge in [0.2, 0.25) is 0 Å². The number of thiophene rings is 1. The first-order chi connectivity index (χ1) is 10.2. The van der Waals surface area contributed by atoms with Gasteiger partial charge in [0.15, 0.2) is 5.78 Å². The van der Waals surface area contributed by atoms with Crippen molar-refractivity contribution in [1.82, 2.24) is 9.55 Å². The van der Waals surface area contributed by atoms with Gasteiger partial charge in [0.1, 0.15) is 0 Å². The Morgan fingerprint density at radius 3 is 2.67 bits per heavy atom. The first-order valence-corrected chi connectivity index (χ1v) is 7.47. The second kappa shape index (κ2) is 5.89. The fourth-order valence-electron chi connectivity index (χ4n) is 2.01. The molecule has 0 fully saturated rings. The molecular weight excluding hydrogens is 280 g/mol. The predicted molar refractivity (Wildman–Crippen MR) is 86.0 cm³/mol. The van der Waals surface area contributed by atoms with Crippen molar-refractivity contribution in [2.24, 2.45) is 0 Å². The summed E-state index contributed by atoms with van der Waals surface area (Å²) in [6.07, 6.45) is 8.84. The minimum atomic E-state index is 0.0139. The first kappa shape index (κ1) is 13.5. The lowest BCUT2D eigenvalue weighted by Gasteiger charge is -2.02. The number of allylic oxidation sites excluding steroid dienone is 1. The third kappa shape index (κ3) is 3.01. The highest BCUT2D eigenvalue weighted by Crippen LogP contribution is 2.18. The van der Waals surface area contributed by atoms with E-state index in [0.29, 0.717) is 5.56 Å². The molecule has 3 nitrogen and oxygen atoms in total. The third-order valence-electron chi connectivity index (χ3n) is 3.24. The van der Waals surface area contributed by atoms with Gasteiger partial charge in [0.05, 0.1) is 6.33 Å². The van der Waals surface area contributed by atoms with Crippen LogP contribution in [0.3, 0.4) is 0 Å². The van der Waals surface area contributed by atoms with Gasteiger partial charge in [0, 0.05) is 28.5 Å². The second-order valence-corrected chi connectivity index (χ2v) is 5.63. The van der Waals surface area contributed by atoms with Crippen molar-refractivity contribution >= 4 is 23.2 Å². The van der Waals surface area contributed by atoms with E-state index >= 15 is 0 Å². The molecule has 3 rings (SSSR count). The lowest BCUT2D eigenvalue weighted by Crippen LogP contribution is -1.96. The average Bonchev–Trinajstić information content (AvgIpc) is 3.17. The van der Waals surface area contributed by atoms with Crippen LogP contribution < -0.4 is 0 Å². The molecule has 0 saturated heterocycles. The molecule has 1 aromatic carbocycles. The first-order valence-electron chi connectivity index (χ1n) is 6.59. The monoisotopic (exact) mass is 294 g/mol. The lowest BCUT2D eigenvalue weighted by atomic mass is 10.1. The zero-order valence-corrected chi connectivity index (χ0v) is 12.4. The Kier molecular flexibility index (Phi) is 3.79. The van der Waals surface area contributed by atoms with E-state index in [1.807, 2.05) is 53.4 Å². The molecule has 0 amide bonds. The number of carbonyl (C=O) groups is 1. The average molecular weight is 294 g/mol. The normalized spacial score (nSPS) is 11.1. The van der Waals surface area contributed by atoms with Gasteiger partial charge >= 0.3 is 0 Å². The highest BCUT2D eigenvalue weighted by atomic mass is 32.1. The minimum absolute atomic E-state index is 0.0139. The zero-order chi connectivity index (χ0) is 14.7. The van der Waals surface area contributed by atoms with Gasteiger partial charge < -0.3 is 4.57 Å². The molecule has 0 aliphatic rings. The Balaban J connectivity index is 1.76. The van der Waals surface area contributed by atoms with Crippen molar-refractivity contribution < 1.29 is 4.79 Å². The maximum absolute atomic E-state index is 12.1. The summed E-state index contributed by atoms with van der Waals surface area (Å²) >= 11 is 1.64. The number of aromatic nitrogens is 2. The Labute approximate surface area is 127 Å². The Bertz CT molecular complexity index is 767. The van der Waals surface area contributed by atoms with Crippen molar-refractivity contribution in [3.8, 4) is 5.69 Å². The topological polar surface area (TPSA) is 34.9 Å². The standard InChI is InChI=1S/C17H14N2OS/c1-13-8-11-21-17(13)7-6-16(20)14-2-4-15(5-3-14)19-10-9-18-12-19/h2-12H,1H3. The summed E-state index contributed by atoms with van der Waals surface area (Å²) in [5.41, 5.74) is 2.87. The quantitative estimate of drug-likeness (QED) is 0.535. The fourth-order valence-corrected chi connectivity index (χ4v) is 2.83. The molecule has 0 aliphatic carbocycles. The molecule has 21 heavy (non-hydrogen) atoms. The van der Waals surface area contributed by atoms with Crippen LogP contribution in [0.25, 0.3) is 11.8 Å². The fraction of sp³-hybridized carbons (Fsp3) is 0.0588. The smallest absolute Gasteiger partial charge is 0.185 e. The van der Waals surface area contributed by atoms with Gasteiger partial charge in [-0.15, -0.1) is 11.3 Å². The van der Waals surface area contributed by atoms with E-state index in [1.165, 1.54) is 5.56 Å². The van der Waals surface area contributed by atoms with E-state index in [4.69, 9.17) is 0 Å². The van der Waals surface area contributed by atoms with E-state index in [2.05, 4.69) is 11.1 Å². The number of benzene rings is 1. The van der Waals surface area contributed by atoms with Crippen LogP contribution in [0.15, 0.2) is 60.5 Å². The summed E-state index contributed by atoms with van der Waals surface area (Å²) < 4.78 is 1.90. The summed E-state index contributed by atoms with van der Waals surface area (Å²) in [5, 5.41) is 2.03. The van der Waals surface area contributed by atoms with E-state index in [9.17, 15) is 4.79 Å². The van der Waals surface area contributed by atoms with Gasteiger partial charge in [-0.25, -0.2) is 4.98 Å². The number of hydrogen-bond acceptors (Lipinski definition) is 3. The van der Waals surface area contributed by atoms with Gasteiger partial charge in [-0.05, 0) is 60.4 Å². The number of rotatable bonds is 4. The minimum Gasteiger partial charge on any atom is -0.306 e. The molecule has 0 atom stereocenters. The maximum atomic E-state index is 12.1. The van der Waals surface area contributed by atoms with Gasteiger partial charge in [-0.1, -0.05) is 0 Å². The van der Waals surface area contributed by atoms with Crippen LogP contribution in [-0.2, 0) is 0 Å². The molecule has 104 valence electrons. The SMILES string of the molecule is Cc1ccsc1C=CC(=O)c1ccc(-n2ccnc2)cc1. The van der Waals surface area contributed by atoms with Crippen LogP contribution in [0.4, 0.5) is 0 Å². The van der Waals surface area contributed by atoms with Crippen LogP contribution in [0.2, 0.25) is 0 Å². The van der Waals surface area contributed by atoms with Crippen LogP contribution >= 0.6 is 11.3 Å². The van der Waals surface area contributed by atoms with Crippen molar-refractivity contribution in [3.63, 3.8) is 0 Å². The highest BCUT2D eigenvalue weighted by Gasteiger charge is 2.03. The Morgan fingerprint density at radius 2 is 2.05 bits per heavy atom. The van der Waals surface area contributed by atoms with Crippen LogP contribution in [0, 0.1) is 6.92 Å². The zero-order valence-electron chi connectivity index (χ0n) is 11.6. The number of nitrogens with zero attached hydrogens (tertiary/aromatic N) is 2. The summed E-state index contributed by atoms with van der Waals surface area (Å²) in [5.74, 6) is 0.0139. The Hall–Kier alpha value is -2.46. The number of imidazole rings is 1. The molecule has 2 heterocycles. The van der Waals surface area contributed by atoms with Gasteiger partial charge in [-0.3, -0.25) is 4.79 Å². The molecule has 4 heteroatoms. The summed E-state index contributed by atoms with van der Waals surface area (Å²) in [7, 11) is 0. The summed E-state index contributed by atoms with van der Waals surface area (Å²) in [4.78, 5) is 17.3. The van der Waals surface area contributed by atoms with Crippen molar-refractivity contribution in [2.75, 3.05) is 0 Å². The molecule has 2 aromatic heterocycles. The number of carbonyl (C=O) groups excluding carboxylic acids is 1. The van der Waals surface area contributed by atoms with Crippen LogP contribution in [-0.4, -0.2) is 15.3 Å². The predicted octanol–water partition coefficient (Wildman–Crippen LogP) is 4.14. The largest absolute Gasteiger partial charge is 0.306 e. The molecule has 0 saturated carbocycles. The third-order valence-corrected chi connectivity index (χ3v) is 4.23. The van der Waals surface area contributed by atoms with Crippen LogP contribution in [0.1, 0.15) is 20.8 Å². The Morgan fingerprint density at radius 1 is 1.24 bits per heavy atom. The van der Waals surface area contributed by atoms with Crippen molar-refractivity contribution in [1.29, 1.82) is 0 Å². The number of ketones is 1. The van der Waals surface area contributed by atoms with Gasteiger partial charge in [-0.2, -0.15) is 0 Å². The van der Waals surface area contributed by atoms with Gasteiger partial charge in [0.25, 0.3) is 0 Å². The maximum Gasteiger partial charge on any atom is 0.185 e. The van der Waals surface area contributed by atoms with E-state index < -0.39 is 0 Å². The molecule has 3 aromatic rings. The summed E-state index contributed by atoms with van der Waals surface area (Å²) in [6.45, 7) is 2.04. The molecular formula is C17H14N2OS. The van der Waals surface area contributed by atoms with E-state index in [0.717, 1.165) is 10.6 Å². The highest BCUT2D eigenvalue weighted by molar-refractivity contribution is 7.11. The van der Waals surface area contributed by atoms with E-state index in [-0.39, 0.29) is 5.78 Å². The lowest BCUT2D eigenvalue weighted by molar-refractivity contribution is 0.104. The van der Waals surface area contributed by atoms with Crippen LogP contribution in [0.5, 0.6) is 0 Å².